The van der Waals surface area contributed by atoms with Gasteiger partial charge in [-0.2, -0.15) is 0 Å². The van der Waals surface area contributed by atoms with Gasteiger partial charge in [0.05, 0.1) is 26.1 Å². The summed E-state index contributed by atoms with van der Waals surface area (Å²) in [4.78, 5) is 21.8. The van der Waals surface area contributed by atoms with E-state index in [0.29, 0.717) is 25.6 Å². The fraction of sp³-hybridized carbons (Fsp3) is 0.615. The van der Waals surface area contributed by atoms with Crippen LogP contribution in [0.15, 0.2) is 12.4 Å². The maximum absolute atomic E-state index is 11.5. The van der Waals surface area contributed by atoms with Crippen molar-refractivity contribution in [1.29, 1.82) is 0 Å². The van der Waals surface area contributed by atoms with Crippen molar-refractivity contribution in [3.05, 3.63) is 18.1 Å². The van der Waals surface area contributed by atoms with Crippen molar-refractivity contribution in [2.24, 2.45) is 0 Å². The molecule has 20 heavy (non-hydrogen) atoms. The van der Waals surface area contributed by atoms with Crippen LogP contribution in [0.4, 0.5) is 5.82 Å². The number of hydrogen-bond donors (Lipinski definition) is 0. The number of esters is 1. The second-order valence-corrected chi connectivity index (χ2v) is 4.08. The van der Waals surface area contributed by atoms with E-state index in [0.717, 1.165) is 13.0 Å². The van der Waals surface area contributed by atoms with Crippen molar-refractivity contribution in [3.8, 4) is 0 Å². The molecule has 0 amide bonds. The summed E-state index contributed by atoms with van der Waals surface area (Å²) in [7, 11) is 4.62. The van der Waals surface area contributed by atoms with Crippen LogP contribution in [0.25, 0.3) is 0 Å². The maximum Gasteiger partial charge on any atom is 0.358 e. The Morgan fingerprint density at radius 3 is 2.55 bits per heavy atom. The minimum absolute atomic E-state index is 0.194. The predicted octanol–water partition coefficient (Wildman–Crippen LogP) is 0.752. The van der Waals surface area contributed by atoms with E-state index < -0.39 is 5.97 Å². The Kier molecular flexibility index (Phi) is 7.52. The summed E-state index contributed by atoms with van der Waals surface area (Å²) in [5, 5.41) is 0. The summed E-state index contributed by atoms with van der Waals surface area (Å²) in [6, 6.07) is 0. The second-order valence-electron chi connectivity index (χ2n) is 4.08. The standard InChI is InChI=1S/C13H21N3O4/c1-18-7-4-5-16(6-8-19-2)12-10-14-9-11(15-12)13(17)20-3/h9-10H,4-8H2,1-3H3. The largest absolute Gasteiger partial charge is 0.464 e. The van der Waals surface area contributed by atoms with Gasteiger partial charge in [-0.1, -0.05) is 0 Å². The summed E-state index contributed by atoms with van der Waals surface area (Å²) >= 11 is 0. The van der Waals surface area contributed by atoms with Gasteiger partial charge in [-0.3, -0.25) is 4.98 Å². The van der Waals surface area contributed by atoms with Crippen LogP contribution < -0.4 is 4.90 Å². The first kappa shape index (κ1) is 16.3. The lowest BCUT2D eigenvalue weighted by molar-refractivity contribution is 0.0593. The van der Waals surface area contributed by atoms with Crippen molar-refractivity contribution in [3.63, 3.8) is 0 Å². The minimum Gasteiger partial charge on any atom is -0.464 e. The van der Waals surface area contributed by atoms with Gasteiger partial charge >= 0.3 is 5.97 Å². The molecule has 1 heterocycles. The maximum atomic E-state index is 11.5. The molecular weight excluding hydrogens is 262 g/mol. The van der Waals surface area contributed by atoms with Gasteiger partial charge in [0.25, 0.3) is 0 Å². The molecule has 0 spiro atoms. The third kappa shape index (κ3) is 5.10. The molecule has 0 N–H and O–H groups in total. The number of carbonyl (C=O) groups excluding carboxylic acids is 1. The van der Waals surface area contributed by atoms with Gasteiger partial charge < -0.3 is 19.1 Å². The molecule has 0 aliphatic carbocycles. The number of rotatable bonds is 9. The minimum atomic E-state index is -0.497. The van der Waals surface area contributed by atoms with Crippen LogP contribution in [0.3, 0.4) is 0 Å². The predicted molar refractivity (Wildman–Crippen MR) is 74.0 cm³/mol. The van der Waals surface area contributed by atoms with Crippen molar-refractivity contribution < 1.29 is 19.0 Å². The average molecular weight is 283 g/mol. The lowest BCUT2D eigenvalue weighted by atomic mass is 10.3. The molecule has 0 radical (unpaired) electrons. The van der Waals surface area contributed by atoms with Gasteiger partial charge in [-0.15, -0.1) is 0 Å². The Hall–Kier alpha value is -1.73. The molecule has 0 atom stereocenters. The van der Waals surface area contributed by atoms with Crippen molar-refractivity contribution >= 4 is 11.8 Å². The topological polar surface area (TPSA) is 73.8 Å². The number of methoxy groups -OCH3 is 3. The van der Waals surface area contributed by atoms with Gasteiger partial charge in [0, 0.05) is 33.9 Å². The quantitative estimate of drug-likeness (QED) is 0.489. The first-order valence-corrected chi connectivity index (χ1v) is 6.36. The average Bonchev–Trinajstić information content (AvgIpc) is 2.50. The highest BCUT2D eigenvalue weighted by atomic mass is 16.5. The summed E-state index contributed by atoms with van der Waals surface area (Å²) in [6.07, 6.45) is 3.86. The van der Waals surface area contributed by atoms with Crippen LogP contribution >= 0.6 is 0 Å². The van der Waals surface area contributed by atoms with Crippen LogP contribution in [0, 0.1) is 0 Å². The van der Waals surface area contributed by atoms with E-state index in [9.17, 15) is 4.79 Å². The fourth-order valence-corrected chi connectivity index (χ4v) is 1.65. The molecule has 0 saturated heterocycles. The Morgan fingerprint density at radius 1 is 1.15 bits per heavy atom. The zero-order valence-corrected chi connectivity index (χ0v) is 12.2. The molecule has 7 nitrogen and oxygen atoms in total. The number of nitrogens with zero attached hydrogens (tertiary/aromatic N) is 3. The van der Waals surface area contributed by atoms with Crippen LogP contribution in [0.1, 0.15) is 16.9 Å². The van der Waals surface area contributed by atoms with E-state index >= 15 is 0 Å². The van der Waals surface area contributed by atoms with E-state index in [1.165, 1.54) is 13.3 Å². The zero-order chi connectivity index (χ0) is 14.8. The van der Waals surface area contributed by atoms with Gasteiger partial charge in [-0.05, 0) is 6.42 Å². The first-order chi connectivity index (χ1) is 9.72. The van der Waals surface area contributed by atoms with Crippen LogP contribution in [-0.2, 0) is 14.2 Å². The number of ether oxygens (including phenoxy) is 3. The molecule has 112 valence electrons. The van der Waals surface area contributed by atoms with Gasteiger partial charge in [-0.25, -0.2) is 9.78 Å². The summed E-state index contributed by atoms with van der Waals surface area (Å²) < 4.78 is 14.8. The van der Waals surface area contributed by atoms with E-state index in [-0.39, 0.29) is 5.69 Å². The summed E-state index contributed by atoms with van der Waals surface area (Å²) in [6.45, 7) is 2.64. The normalized spacial score (nSPS) is 10.3. The van der Waals surface area contributed by atoms with Crippen LogP contribution in [-0.4, -0.2) is 63.6 Å². The molecule has 0 saturated carbocycles. The Labute approximate surface area is 118 Å². The van der Waals surface area contributed by atoms with Crippen molar-refractivity contribution in [2.45, 2.75) is 6.42 Å². The number of hydrogen-bond acceptors (Lipinski definition) is 7. The molecule has 0 aromatic carbocycles. The van der Waals surface area contributed by atoms with Crippen LogP contribution in [0.5, 0.6) is 0 Å². The molecule has 7 heteroatoms. The lowest BCUT2D eigenvalue weighted by Crippen LogP contribution is -2.30. The van der Waals surface area contributed by atoms with Gasteiger partial charge in [0.2, 0.25) is 0 Å². The molecule has 1 aromatic heterocycles. The second kappa shape index (κ2) is 9.22. The molecule has 0 bridgehead atoms. The molecule has 0 aliphatic rings. The molecule has 0 fully saturated rings. The van der Waals surface area contributed by atoms with E-state index in [1.54, 1.807) is 20.4 Å². The molecule has 1 rings (SSSR count). The van der Waals surface area contributed by atoms with Crippen molar-refractivity contribution in [2.75, 3.05) is 52.5 Å². The number of carbonyl (C=O) groups is 1. The highest BCUT2D eigenvalue weighted by Crippen LogP contribution is 2.11. The number of aromatic nitrogens is 2. The van der Waals surface area contributed by atoms with E-state index in [1.807, 2.05) is 4.90 Å². The highest BCUT2D eigenvalue weighted by Gasteiger charge is 2.13. The highest BCUT2D eigenvalue weighted by molar-refractivity contribution is 5.87. The van der Waals surface area contributed by atoms with Gasteiger partial charge in [0.1, 0.15) is 5.82 Å². The molecule has 0 unspecified atom stereocenters. The van der Waals surface area contributed by atoms with Crippen molar-refractivity contribution in [1.82, 2.24) is 9.97 Å². The SMILES string of the molecule is COCCCN(CCOC)c1cncc(C(=O)OC)n1. The smallest absolute Gasteiger partial charge is 0.358 e. The Balaban J connectivity index is 2.79. The number of anilines is 1. The molecule has 1 aromatic rings. The third-order valence-corrected chi connectivity index (χ3v) is 2.68. The monoisotopic (exact) mass is 283 g/mol. The van der Waals surface area contributed by atoms with E-state index in [2.05, 4.69) is 14.7 Å². The Bertz CT molecular complexity index is 414. The summed E-state index contributed by atoms with van der Waals surface area (Å²) in [5.74, 6) is 0.129. The zero-order valence-electron chi connectivity index (χ0n) is 12.2. The van der Waals surface area contributed by atoms with Crippen LogP contribution in [0.2, 0.25) is 0 Å². The molecular formula is C13H21N3O4. The lowest BCUT2D eigenvalue weighted by Gasteiger charge is -2.23. The fourth-order valence-electron chi connectivity index (χ4n) is 1.65. The summed E-state index contributed by atoms with van der Waals surface area (Å²) in [5.41, 5.74) is 0.194. The molecule has 0 aliphatic heterocycles. The van der Waals surface area contributed by atoms with E-state index in [4.69, 9.17) is 9.47 Å². The third-order valence-electron chi connectivity index (χ3n) is 2.68. The first-order valence-electron chi connectivity index (χ1n) is 6.36. The van der Waals surface area contributed by atoms with Gasteiger partial charge in [0.15, 0.2) is 5.69 Å². The Morgan fingerprint density at radius 2 is 1.90 bits per heavy atom.